The number of esters is 1. The van der Waals surface area contributed by atoms with Crippen molar-refractivity contribution in [3.63, 3.8) is 0 Å². The number of carbonyl (C=O) groups excluding carboxylic acids is 3. The molecule has 3 aromatic carbocycles. The van der Waals surface area contributed by atoms with Crippen LogP contribution < -0.4 is 10.2 Å². The maximum atomic E-state index is 13.0. The predicted molar refractivity (Wildman–Crippen MR) is 118 cm³/mol. The second-order valence-electron chi connectivity index (χ2n) is 7.66. The molecule has 6 heteroatoms. The summed E-state index contributed by atoms with van der Waals surface area (Å²) in [7, 11) is 1.32. The van der Waals surface area contributed by atoms with Crippen molar-refractivity contribution in [3.05, 3.63) is 78.4 Å². The number of anilines is 1. The molecule has 1 heterocycles. The normalized spacial score (nSPS) is 16.9. The number of carbonyl (C=O) groups is 3. The third-order valence-electron chi connectivity index (χ3n) is 5.67. The van der Waals surface area contributed by atoms with Gasteiger partial charge in [0.1, 0.15) is 0 Å². The molecule has 0 bridgehead atoms. The fourth-order valence-corrected chi connectivity index (χ4v) is 4.04. The molecule has 158 valence electrons. The first-order valence-corrected chi connectivity index (χ1v) is 10.3. The Morgan fingerprint density at radius 2 is 1.74 bits per heavy atom. The molecule has 0 spiro atoms. The molecule has 0 saturated carbocycles. The van der Waals surface area contributed by atoms with Gasteiger partial charge < -0.3 is 15.0 Å². The molecule has 3 aromatic rings. The highest BCUT2D eigenvalue weighted by Gasteiger charge is 2.36. The van der Waals surface area contributed by atoms with E-state index in [1.807, 2.05) is 72.8 Å². The van der Waals surface area contributed by atoms with E-state index in [2.05, 4.69) is 5.32 Å². The number of nitrogens with one attached hydrogen (secondary N) is 1. The van der Waals surface area contributed by atoms with Gasteiger partial charge in [-0.05, 0) is 17.0 Å². The van der Waals surface area contributed by atoms with Gasteiger partial charge in [-0.1, -0.05) is 66.7 Å². The van der Waals surface area contributed by atoms with Crippen LogP contribution in [0.1, 0.15) is 24.4 Å². The smallest absolute Gasteiger partial charge is 0.307 e. The summed E-state index contributed by atoms with van der Waals surface area (Å²) in [4.78, 5) is 39.4. The number of benzene rings is 3. The van der Waals surface area contributed by atoms with E-state index in [0.717, 1.165) is 22.0 Å². The molecule has 1 aliphatic rings. The molecule has 4 rings (SSSR count). The maximum absolute atomic E-state index is 13.0. The van der Waals surface area contributed by atoms with E-state index in [-0.39, 0.29) is 24.7 Å². The van der Waals surface area contributed by atoms with Gasteiger partial charge in [-0.25, -0.2) is 0 Å². The molecular weight excluding hydrogens is 392 g/mol. The highest BCUT2D eigenvalue weighted by molar-refractivity contribution is 6.07. The summed E-state index contributed by atoms with van der Waals surface area (Å²) in [6.07, 6.45) is 0.161. The number of nitrogens with zero attached hydrogens (tertiary/aromatic N) is 1. The van der Waals surface area contributed by atoms with Gasteiger partial charge in [-0.2, -0.15) is 0 Å². The van der Waals surface area contributed by atoms with Crippen molar-refractivity contribution in [1.82, 2.24) is 5.32 Å². The van der Waals surface area contributed by atoms with Crippen LogP contribution in [0.5, 0.6) is 0 Å². The molecule has 1 saturated heterocycles. The number of fused-ring (bicyclic) bond motifs is 1. The summed E-state index contributed by atoms with van der Waals surface area (Å²) in [6.45, 7) is 0.304. The zero-order valence-electron chi connectivity index (χ0n) is 17.3. The van der Waals surface area contributed by atoms with E-state index in [1.165, 1.54) is 7.11 Å². The van der Waals surface area contributed by atoms with E-state index in [4.69, 9.17) is 4.74 Å². The van der Waals surface area contributed by atoms with E-state index in [1.54, 1.807) is 4.90 Å². The molecule has 0 aromatic heterocycles. The Balaban J connectivity index is 1.52. The molecule has 31 heavy (non-hydrogen) atoms. The molecule has 2 unspecified atom stereocenters. The second-order valence-corrected chi connectivity index (χ2v) is 7.66. The first kappa shape index (κ1) is 20.6. The standard InChI is InChI=1S/C25H24N2O4/c1-31-24(29)15-21(18-9-3-2-4-10-18)26-25(30)19-14-23(28)27(16-19)22-13-7-11-17-8-5-6-12-20(17)22/h2-13,19,21H,14-16H2,1H3,(H,26,30). The molecule has 0 aliphatic carbocycles. The minimum absolute atomic E-state index is 0.0277. The van der Waals surface area contributed by atoms with E-state index < -0.39 is 17.9 Å². The fourth-order valence-electron chi connectivity index (χ4n) is 4.04. The van der Waals surface area contributed by atoms with Gasteiger partial charge in [0.2, 0.25) is 11.8 Å². The average molecular weight is 416 g/mol. The predicted octanol–water partition coefficient (Wildman–Crippen LogP) is 3.61. The van der Waals surface area contributed by atoms with Crippen LogP contribution in [0.25, 0.3) is 10.8 Å². The monoisotopic (exact) mass is 416 g/mol. The third-order valence-corrected chi connectivity index (χ3v) is 5.67. The first-order valence-electron chi connectivity index (χ1n) is 10.3. The lowest BCUT2D eigenvalue weighted by molar-refractivity contribution is -0.141. The lowest BCUT2D eigenvalue weighted by atomic mass is 10.0. The van der Waals surface area contributed by atoms with Gasteiger partial charge in [0.25, 0.3) is 0 Å². The Kier molecular flexibility index (Phi) is 5.98. The van der Waals surface area contributed by atoms with Crippen molar-refractivity contribution in [1.29, 1.82) is 0 Å². The molecule has 0 radical (unpaired) electrons. The molecule has 1 aliphatic heterocycles. The molecule has 1 fully saturated rings. The zero-order chi connectivity index (χ0) is 21.8. The fraction of sp³-hybridized carbons (Fsp3) is 0.240. The summed E-state index contributed by atoms with van der Waals surface area (Å²) >= 11 is 0. The van der Waals surface area contributed by atoms with Gasteiger partial charge in [0, 0.05) is 18.4 Å². The Morgan fingerprint density at radius 3 is 2.52 bits per heavy atom. The van der Waals surface area contributed by atoms with Crippen molar-refractivity contribution >= 4 is 34.2 Å². The zero-order valence-corrected chi connectivity index (χ0v) is 17.3. The van der Waals surface area contributed by atoms with Crippen LogP contribution in [0.2, 0.25) is 0 Å². The van der Waals surface area contributed by atoms with E-state index >= 15 is 0 Å². The summed E-state index contributed by atoms with van der Waals surface area (Å²) < 4.78 is 4.79. The largest absolute Gasteiger partial charge is 0.469 e. The lowest BCUT2D eigenvalue weighted by Gasteiger charge is -2.21. The number of ether oxygens (including phenoxy) is 1. The van der Waals surface area contributed by atoms with Crippen LogP contribution in [-0.4, -0.2) is 31.4 Å². The number of rotatable bonds is 6. The van der Waals surface area contributed by atoms with Crippen LogP contribution >= 0.6 is 0 Å². The summed E-state index contributed by atoms with van der Waals surface area (Å²) in [5.41, 5.74) is 1.63. The number of methoxy groups -OCH3 is 1. The Hall–Kier alpha value is -3.67. The summed E-state index contributed by atoms with van der Waals surface area (Å²) in [6, 6.07) is 22.5. The lowest BCUT2D eigenvalue weighted by Crippen LogP contribution is -2.36. The third kappa shape index (κ3) is 4.43. The van der Waals surface area contributed by atoms with Crippen molar-refractivity contribution in [3.8, 4) is 0 Å². The van der Waals surface area contributed by atoms with Gasteiger partial charge in [0.05, 0.1) is 31.2 Å². The number of hydrogen-bond donors (Lipinski definition) is 1. The van der Waals surface area contributed by atoms with Crippen LogP contribution in [0.4, 0.5) is 5.69 Å². The quantitative estimate of drug-likeness (QED) is 0.623. The van der Waals surface area contributed by atoms with Crippen LogP contribution in [-0.2, 0) is 19.1 Å². The topological polar surface area (TPSA) is 75.7 Å². The number of hydrogen-bond acceptors (Lipinski definition) is 4. The van der Waals surface area contributed by atoms with Crippen molar-refractivity contribution in [2.75, 3.05) is 18.6 Å². The molecule has 1 N–H and O–H groups in total. The second kappa shape index (κ2) is 9.00. The molecule has 2 atom stereocenters. The van der Waals surface area contributed by atoms with E-state index in [9.17, 15) is 14.4 Å². The molecular formula is C25H24N2O4. The van der Waals surface area contributed by atoms with Gasteiger partial charge in [0.15, 0.2) is 0 Å². The van der Waals surface area contributed by atoms with Gasteiger partial charge >= 0.3 is 5.97 Å². The summed E-state index contributed by atoms with van der Waals surface area (Å²) in [5, 5.41) is 4.97. The first-order chi connectivity index (χ1) is 15.1. The van der Waals surface area contributed by atoms with Crippen LogP contribution in [0.15, 0.2) is 72.8 Å². The minimum atomic E-state index is -0.511. The summed E-state index contributed by atoms with van der Waals surface area (Å²) in [5.74, 6) is -1.22. The van der Waals surface area contributed by atoms with Crippen LogP contribution in [0, 0.1) is 5.92 Å². The maximum Gasteiger partial charge on any atom is 0.307 e. The Bertz CT molecular complexity index is 1110. The highest BCUT2D eigenvalue weighted by Crippen LogP contribution is 2.32. The van der Waals surface area contributed by atoms with Gasteiger partial charge in [-0.3, -0.25) is 14.4 Å². The minimum Gasteiger partial charge on any atom is -0.469 e. The highest BCUT2D eigenvalue weighted by atomic mass is 16.5. The van der Waals surface area contributed by atoms with Gasteiger partial charge in [-0.15, -0.1) is 0 Å². The number of amides is 2. The van der Waals surface area contributed by atoms with Crippen molar-refractivity contribution in [2.45, 2.75) is 18.9 Å². The van der Waals surface area contributed by atoms with Crippen molar-refractivity contribution in [2.24, 2.45) is 5.92 Å². The molecule has 6 nitrogen and oxygen atoms in total. The molecule has 2 amide bonds. The van der Waals surface area contributed by atoms with E-state index in [0.29, 0.717) is 6.54 Å². The Labute approximate surface area is 180 Å². The van der Waals surface area contributed by atoms with Crippen LogP contribution in [0.3, 0.4) is 0 Å². The average Bonchev–Trinajstić information content (AvgIpc) is 3.20. The van der Waals surface area contributed by atoms with Crippen molar-refractivity contribution < 1.29 is 19.1 Å². The SMILES string of the molecule is COC(=O)CC(NC(=O)C1CC(=O)N(c2cccc3ccccc23)C1)c1ccccc1. The Morgan fingerprint density at radius 1 is 1.03 bits per heavy atom.